The Balaban J connectivity index is 1.76. The summed E-state index contributed by atoms with van der Waals surface area (Å²) in [6.07, 6.45) is 5.75. The summed E-state index contributed by atoms with van der Waals surface area (Å²) < 4.78 is 5.28. The summed E-state index contributed by atoms with van der Waals surface area (Å²) in [5.74, 6) is 0.566. The number of nitrogens with one attached hydrogen (secondary N) is 1. The third-order valence-electron chi connectivity index (χ3n) is 3.25. The fourth-order valence-corrected chi connectivity index (χ4v) is 3.21. The molecular formula is C14H22N2O2S. The molecule has 5 heteroatoms. The van der Waals surface area contributed by atoms with Gasteiger partial charge in [-0.2, -0.15) is 0 Å². The standard InChI is InChI=1S/C14H22N2O2S/c1-14(2,3)18-13(17)16-11-6-4-10(5-7-11)12-15-8-9-19-12/h8-11H,4-7H2,1-3H3,(H,16,17). The molecule has 0 aromatic carbocycles. The Morgan fingerprint density at radius 3 is 2.58 bits per heavy atom. The van der Waals surface area contributed by atoms with Crippen LogP contribution in [0, 0.1) is 0 Å². The molecule has 1 N–H and O–H groups in total. The first kappa shape index (κ1) is 14.3. The highest BCUT2D eigenvalue weighted by atomic mass is 32.1. The molecule has 0 radical (unpaired) electrons. The second-order valence-corrected chi connectivity index (χ2v) is 6.99. The van der Waals surface area contributed by atoms with Gasteiger partial charge in [-0.1, -0.05) is 0 Å². The number of nitrogens with zero attached hydrogens (tertiary/aromatic N) is 1. The van der Waals surface area contributed by atoms with Crippen molar-refractivity contribution in [1.29, 1.82) is 0 Å². The Labute approximate surface area is 118 Å². The minimum atomic E-state index is -0.428. The predicted molar refractivity (Wildman–Crippen MR) is 76.5 cm³/mol. The zero-order valence-electron chi connectivity index (χ0n) is 11.8. The molecule has 0 bridgehead atoms. The number of hydrogen-bond donors (Lipinski definition) is 1. The molecule has 1 heterocycles. The monoisotopic (exact) mass is 282 g/mol. The van der Waals surface area contributed by atoms with Gasteiger partial charge in [0.2, 0.25) is 0 Å². The van der Waals surface area contributed by atoms with Crippen LogP contribution in [0.25, 0.3) is 0 Å². The minimum Gasteiger partial charge on any atom is -0.444 e. The van der Waals surface area contributed by atoms with Crippen molar-refractivity contribution in [3.05, 3.63) is 16.6 Å². The molecule has 1 amide bonds. The normalized spacial score (nSPS) is 23.9. The summed E-state index contributed by atoms with van der Waals surface area (Å²) in [4.78, 5) is 16.1. The average Bonchev–Trinajstić information content (AvgIpc) is 2.80. The molecule has 19 heavy (non-hydrogen) atoms. The van der Waals surface area contributed by atoms with Crippen LogP contribution in [0.5, 0.6) is 0 Å². The van der Waals surface area contributed by atoms with Crippen LogP contribution >= 0.6 is 11.3 Å². The molecule has 0 unspecified atom stereocenters. The van der Waals surface area contributed by atoms with Crippen LogP contribution in [0.4, 0.5) is 4.79 Å². The van der Waals surface area contributed by atoms with Crippen molar-refractivity contribution in [3.63, 3.8) is 0 Å². The third-order valence-corrected chi connectivity index (χ3v) is 4.19. The van der Waals surface area contributed by atoms with Crippen molar-refractivity contribution in [1.82, 2.24) is 10.3 Å². The van der Waals surface area contributed by atoms with Crippen LogP contribution in [0.1, 0.15) is 57.4 Å². The lowest BCUT2D eigenvalue weighted by molar-refractivity contribution is 0.0491. The molecule has 1 aliphatic carbocycles. The highest BCUT2D eigenvalue weighted by molar-refractivity contribution is 7.09. The smallest absolute Gasteiger partial charge is 0.407 e. The topological polar surface area (TPSA) is 51.2 Å². The highest BCUT2D eigenvalue weighted by Gasteiger charge is 2.26. The van der Waals surface area contributed by atoms with Gasteiger partial charge in [-0.25, -0.2) is 9.78 Å². The number of ether oxygens (including phenoxy) is 1. The fourth-order valence-electron chi connectivity index (χ4n) is 2.40. The Morgan fingerprint density at radius 2 is 2.05 bits per heavy atom. The molecule has 1 aromatic heterocycles. The van der Waals surface area contributed by atoms with Crippen LogP contribution in [-0.4, -0.2) is 22.7 Å². The lowest BCUT2D eigenvalue weighted by Crippen LogP contribution is -2.40. The summed E-state index contributed by atoms with van der Waals surface area (Å²) in [7, 11) is 0. The average molecular weight is 282 g/mol. The van der Waals surface area contributed by atoms with E-state index in [1.807, 2.05) is 32.3 Å². The maximum atomic E-state index is 11.7. The van der Waals surface area contributed by atoms with Crippen LogP contribution < -0.4 is 5.32 Å². The quantitative estimate of drug-likeness (QED) is 0.900. The van der Waals surface area contributed by atoms with Crippen molar-refractivity contribution < 1.29 is 9.53 Å². The fraction of sp³-hybridized carbons (Fsp3) is 0.714. The summed E-state index contributed by atoms with van der Waals surface area (Å²) in [6.45, 7) is 5.64. The molecule has 2 rings (SSSR count). The molecule has 1 aliphatic rings. The van der Waals surface area contributed by atoms with Crippen LogP contribution in [0.3, 0.4) is 0 Å². The lowest BCUT2D eigenvalue weighted by Gasteiger charge is -2.29. The molecule has 1 fully saturated rings. The number of rotatable bonds is 2. The molecular weight excluding hydrogens is 260 g/mol. The van der Waals surface area contributed by atoms with Gasteiger partial charge < -0.3 is 10.1 Å². The van der Waals surface area contributed by atoms with Gasteiger partial charge in [0.1, 0.15) is 5.60 Å². The number of amides is 1. The first-order valence-electron chi connectivity index (χ1n) is 6.83. The molecule has 1 aromatic rings. The zero-order valence-corrected chi connectivity index (χ0v) is 12.6. The van der Waals surface area contributed by atoms with Crippen LogP contribution in [0.2, 0.25) is 0 Å². The van der Waals surface area contributed by atoms with Gasteiger partial charge in [-0.05, 0) is 46.5 Å². The number of aromatic nitrogens is 1. The Bertz CT molecular complexity index is 404. The Morgan fingerprint density at radius 1 is 1.37 bits per heavy atom. The van der Waals surface area contributed by atoms with Crippen molar-refractivity contribution >= 4 is 17.4 Å². The number of thiazole rings is 1. The van der Waals surface area contributed by atoms with E-state index in [0.717, 1.165) is 25.7 Å². The molecule has 1 saturated carbocycles. The number of carbonyl (C=O) groups excluding carboxylic acids is 1. The molecule has 0 atom stereocenters. The van der Waals surface area contributed by atoms with Crippen molar-refractivity contribution in [2.24, 2.45) is 0 Å². The lowest BCUT2D eigenvalue weighted by atomic mass is 9.86. The molecule has 4 nitrogen and oxygen atoms in total. The summed E-state index contributed by atoms with van der Waals surface area (Å²) in [6, 6.07) is 0.242. The second kappa shape index (κ2) is 5.90. The van der Waals surface area contributed by atoms with Gasteiger partial charge in [-0.3, -0.25) is 0 Å². The van der Waals surface area contributed by atoms with E-state index in [4.69, 9.17) is 4.74 Å². The number of carbonyl (C=O) groups is 1. The van der Waals surface area contributed by atoms with E-state index in [2.05, 4.69) is 10.3 Å². The first-order valence-corrected chi connectivity index (χ1v) is 7.71. The van der Waals surface area contributed by atoms with E-state index >= 15 is 0 Å². The number of hydrogen-bond acceptors (Lipinski definition) is 4. The van der Waals surface area contributed by atoms with Crippen molar-refractivity contribution in [3.8, 4) is 0 Å². The van der Waals surface area contributed by atoms with E-state index in [9.17, 15) is 4.79 Å². The summed E-state index contributed by atoms with van der Waals surface area (Å²) >= 11 is 1.73. The largest absolute Gasteiger partial charge is 0.444 e. The maximum absolute atomic E-state index is 11.7. The first-order chi connectivity index (χ1) is 8.94. The van der Waals surface area contributed by atoms with E-state index in [-0.39, 0.29) is 12.1 Å². The van der Waals surface area contributed by atoms with Crippen molar-refractivity contribution in [2.45, 2.75) is 64.0 Å². The van der Waals surface area contributed by atoms with Gasteiger partial charge in [0.15, 0.2) is 0 Å². The SMILES string of the molecule is CC(C)(C)OC(=O)NC1CCC(c2nccs2)CC1. The highest BCUT2D eigenvalue weighted by Crippen LogP contribution is 2.33. The molecule has 106 valence electrons. The summed E-state index contributed by atoms with van der Waals surface area (Å²) in [5, 5.41) is 6.22. The van der Waals surface area contributed by atoms with E-state index in [1.165, 1.54) is 5.01 Å². The zero-order chi connectivity index (χ0) is 13.9. The second-order valence-electron chi connectivity index (χ2n) is 6.07. The molecule has 0 aliphatic heterocycles. The van der Waals surface area contributed by atoms with Gasteiger partial charge in [-0.15, -0.1) is 11.3 Å². The predicted octanol–water partition coefficient (Wildman–Crippen LogP) is 3.69. The van der Waals surface area contributed by atoms with Gasteiger partial charge in [0, 0.05) is 23.5 Å². The van der Waals surface area contributed by atoms with Crippen molar-refractivity contribution in [2.75, 3.05) is 0 Å². The Kier molecular flexibility index (Phi) is 4.45. The van der Waals surface area contributed by atoms with E-state index in [0.29, 0.717) is 5.92 Å². The minimum absolute atomic E-state index is 0.242. The molecule has 0 saturated heterocycles. The van der Waals surface area contributed by atoms with E-state index < -0.39 is 5.60 Å². The maximum Gasteiger partial charge on any atom is 0.407 e. The molecule has 0 spiro atoms. The number of alkyl carbamates (subject to hydrolysis) is 1. The summed E-state index contributed by atoms with van der Waals surface area (Å²) in [5.41, 5.74) is -0.428. The van der Waals surface area contributed by atoms with Crippen LogP contribution in [-0.2, 0) is 4.74 Å². The van der Waals surface area contributed by atoms with Crippen LogP contribution in [0.15, 0.2) is 11.6 Å². The third kappa shape index (κ3) is 4.49. The van der Waals surface area contributed by atoms with Gasteiger partial charge in [0.25, 0.3) is 0 Å². The van der Waals surface area contributed by atoms with Gasteiger partial charge >= 0.3 is 6.09 Å². The Hall–Kier alpha value is -1.10. The van der Waals surface area contributed by atoms with Gasteiger partial charge in [0.05, 0.1) is 5.01 Å². The van der Waals surface area contributed by atoms with E-state index in [1.54, 1.807) is 11.3 Å².